The predicted octanol–water partition coefficient (Wildman–Crippen LogP) is 5.59. The van der Waals surface area contributed by atoms with Crippen LogP contribution in [0.1, 0.15) is 28.2 Å². The number of benzene rings is 3. The van der Waals surface area contributed by atoms with Crippen LogP contribution in [0, 0.1) is 6.92 Å². The van der Waals surface area contributed by atoms with E-state index in [0.717, 1.165) is 24.2 Å². The van der Waals surface area contributed by atoms with Gasteiger partial charge in [-0.3, -0.25) is 4.90 Å². The highest BCUT2D eigenvalue weighted by Gasteiger charge is 2.30. The summed E-state index contributed by atoms with van der Waals surface area (Å²) in [6.45, 7) is 5.64. The van der Waals surface area contributed by atoms with Crippen LogP contribution in [-0.4, -0.2) is 48.7 Å². The molecule has 0 saturated carbocycles. The number of azide groups is 1. The van der Waals surface area contributed by atoms with E-state index in [0.29, 0.717) is 37.6 Å². The molecule has 0 bridgehead atoms. The van der Waals surface area contributed by atoms with Gasteiger partial charge in [-0.2, -0.15) is 0 Å². The van der Waals surface area contributed by atoms with Gasteiger partial charge in [0.15, 0.2) is 0 Å². The van der Waals surface area contributed by atoms with Crippen LogP contribution < -0.4 is 5.73 Å². The normalized spacial score (nSPS) is 15.3. The summed E-state index contributed by atoms with van der Waals surface area (Å²) in [7, 11) is 0. The van der Waals surface area contributed by atoms with Gasteiger partial charge in [0, 0.05) is 54.9 Å². The Morgan fingerprint density at radius 2 is 1.69 bits per heavy atom. The predicted molar refractivity (Wildman–Crippen MR) is 136 cm³/mol. The number of ether oxygens (including phenoxy) is 1. The van der Waals surface area contributed by atoms with Crippen LogP contribution in [0.5, 0.6) is 0 Å². The Labute approximate surface area is 204 Å². The van der Waals surface area contributed by atoms with Gasteiger partial charge in [0.25, 0.3) is 0 Å². The first-order valence-corrected chi connectivity index (χ1v) is 11.8. The van der Waals surface area contributed by atoms with Crippen molar-refractivity contribution in [1.82, 2.24) is 9.80 Å². The fourth-order valence-corrected chi connectivity index (χ4v) is 5.07. The number of carbonyl (C=O) groups is 1. The summed E-state index contributed by atoms with van der Waals surface area (Å²) in [5, 5.41) is 3.69. The van der Waals surface area contributed by atoms with E-state index in [-0.39, 0.29) is 12.0 Å². The summed E-state index contributed by atoms with van der Waals surface area (Å²) in [6.07, 6.45) is -0.266. The Morgan fingerprint density at radius 3 is 2.31 bits per heavy atom. The largest absolute Gasteiger partial charge is 0.448 e. The molecule has 8 nitrogen and oxygen atoms in total. The molecule has 8 heteroatoms. The van der Waals surface area contributed by atoms with Gasteiger partial charge in [-0.1, -0.05) is 53.6 Å². The van der Waals surface area contributed by atoms with Gasteiger partial charge in [-0.15, -0.1) is 0 Å². The molecule has 2 aliphatic rings. The van der Waals surface area contributed by atoms with Crippen molar-refractivity contribution in [2.75, 3.05) is 38.5 Å². The molecule has 1 amide bonds. The fourth-order valence-electron chi connectivity index (χ4n) is 5.07. The molecule has 3 aromatic rings. The summed E-state index contributed by atoms with van der Waals surface area (Å²) in [6, 6.07) is 20.2. The van der Waals surface area contributed by atoms with E-state index < -0.39 is 0 Å². The molecule has 1 aliphatic carbocycles. The summed E-state index contributed by atoms with van der Waals surface area (Å²) >= 11 is 0. The third kappa shape index (κ3) is 4.54. The lowest BCUT2D eigenvalue weighted by Crippen LogP contribution is -2.48. The van der Waals surface area contributed by atoms with Crippen LogP contribution in [-0.2, 0) is 11.3 Å². The lowest BCUT2D eigenvalue weighted by Gasteiger charge is -2.34. The van der Waals surface area contributed by atoms with Gasteiger partial charge in [-0.25, -0.2) is 4.79 Å². The fraction of sp³-hybridized carbons (Fsp3) is 0.296. The van der Waals surface area contributed by atoms with Crippen molar-refractivity contribution in [3.8, 4) is 11.1 Å². The topological polar surface area (TPSA) is 108 Å². The van der Waals surface area contributed by atoms with Crippen LogP contribution in [0.15, 0.2) is 65.8 Å². The van der Waals surface area contributed by atoms with E-state index in [1.165, 1.54) is 22.3 Å². The molecular formula is C27H28N6O2. The SMILES string of the molecule is Cc1c(N)cc(N=[N+]=[N-])cc1CN1CCN(C(=O)OCC2c3ccccc3-c3ccccc32)CC1. The number of hydrogen-bond acceptors (Lipinski definition) is 5. The van der Waals surface area contributed by atoms with Gasteiger partial charge in [0.1, 0.15) is 6.61 Å². The maximum atomic E-state index is 12.9. The molecule has 1 saturated heterocycles. The Bertz CT molecular complexity index is 1260. The van der Waals surface area contributed by atoms with Crippen molar-refractivity contribution in [3.05, 3.63) is 93.4 Å². The summed E-state index contributed by atoms with van der Waals surface area (Å²) in [5.41, 5.74) is 22.8. The zero-order chi connectivity index (χ0) is 24.4. The minimum absolute atomic E-state index is 0.0596. The standard InChI is InChI=1S/C27H28N6O2/c1-18-19(14-20(30-31-29)15-26(18)28)16-32-10-12-33(13-11-32)27(34)35-17-25-23-8-4-2-6-21(23)22-7-3-5-9-24(22)25/h2-9,14-15,25H,10-13,16-17,28H2,1H3. The number of anilines is 1. The van der Waals surface area contributed by atoms with Gasteiger partial charge >= 0.3 is 6.09 Å². The molecule has 2 N–H and O–H groups in total. The van der Waals surface area contributed by atoms with Crippen molar-refractivity contribution in [2.24, 2.45) is 5.11 Å². The maximum absolute atomic E-state index is 12.9. The van der Waals surface area contributed by atoms with Gasteiger partial charge in [0.2, 0.25) is 0 Å². The Hall–Kier alpha value is -4.00. The van der Waals surface area contributed by atoms with E-state index in [2.05, 4.69) is 39.2 Å². The molecule has 1 fully saturated rings. The lowest BCUT2D eigenvalue weighted by atomic mass is 9.98. The molecular weight excluding hydrogens is 440 g/mol. The highest BCUT2D eigenvalue weighted by atomic mass is 16.6. The third-order valence-electron chi connectivity index (χ3n) is 7.06. The van der Waals surface area contributed by atoms with E-state index in [1.807, 2.05) is 37.3 Å². The van der Waals surface area contributed by atoms with E-state index in [1.54, 1.807) is 11.0 Å². The van der Waals surface area contributed by atoms with Crippen molar-refractivity contribution >= 4 is 17.5 Å². The molecule has 35 heavy (non-hydrogen) atoms. The first kappa shape index (κ1) is 22.8. The molecule has 3 aromatic carbocycles. The zero-order valence-corrected chi connectivity index (χ0v) is 19.7. The summed E-state index contributed by atoms with van der Waals surface area (Å²) in [4.78, 5) is 19.8. The molecule has 0 atom stereocenters. The number of hydrogen-bond donors (Lipinski definition) is 1. The average Bonchev–Trinajstić information content (AvgIpc) is 3.20. The van der Waals surface area contributed by atoms with Crippen LogP contribution in [0.3, 0.4) is 0 Å². The number of carbonyl (C=O) groups excluding carboxylic acids is 1. The molecule has 0 unspecified atom stereocenters. The van der Waals surface area contributed by atoms with Gasteiger partial charge in [-0.05, 0) is 58.0 Å². The second kappa shape index (κ2) is 9.70. The number of nitrogens with zero attached hydrogens (tertiary/aromatic N) is 5. The number of rotatable bonds is 5. The van der Waals surface area contributed by atoms with Crippen LogP contribution in [0.4, 0.5) is 16.2 Å². The molecule has 1 aliphatic heterocycles. The second-order valence-electron chi connectivity index (χ2n) is 9.08. The number of amides is 1. The first-order chi connectivity index (χ1) is 17.0. The van der Waals surface area contributed by atoms with Crippen molar-refractivity contribution in [2.45, 2.75) is 19.4 Å². The van der Waals surface area contributed by atoms with Gasteiger partial charge < -0.3 is 15.4 Å². The van der Waals surface area contributed by atoms with E-state index >= 15 is 0 Å². The van der Waals surface area contributed by atoms with Crippen molar-refractivity contribution in [3.63, 3.8) is 0 Å². The van der Waals surface area contributed by atoms with E-state index in [4.69, 9.17) is 16.0 Å². The Morgan fingerprint density at radius 1 is 1.06 bits per heavy atom. The highest BCUT2D eigenvalue weighted by molar-refractivity contribution is 5.79. The summed E-state index contributed by atoms with van der Waals surface area (Å²) in [5.74, 6) is 0.0596. The third-order valence-corrected chi connectivity index (χ3v) is 7.06. The molecule has 0 spiro atoms. The van der Waals surface area contributed by atoms with Crippen LogP contribution in [0.25, 0.3) is 21.6 Å². The number of nitrogen functional groups attached to an aromatic ring is 1. The minimum atomic E-state index is -0.266. The molecule has 0 radical (unpaired) electrons. The first-order valence-electron chi connectivity index (χ1n) is 11.8. The zero-order valence-electron chi connectivity index (χ0n) is 19.7. The van der Waals surface area contributed by atoms with Crippen molar-refractivity contribution < 1.29 is 9.53 Å². The van der Waals surface area contributed by atoms with E-state index in [9.17, 15) is 4.79 Å². The molecule has 178 valence electrons. The Balaban J connectivity index is 1.18. The van der Waals surface area contributed by atoms with Crippen LogP contribution in [0.2, 0.25) is 0 Å². The quantitative estimate of drug-likeness (QED) is 0.228. The molecule has 0 aromatic heterocycles. The maximum Gasteiger partial charge on any atom is 0.409 e. The number of nitrogens with two attached hydrogens (primary N) is 1. The molecule has 5 rings (SSSR count). The highest BCUT2D eigenvalue weighted by Crippen LogP contribution is 2.44. The summed E-state index contributed by atoms with van der Waals surface area (Å²) < 4.78 is 5.82. The molecule has 1 heterocycles. The van der Waals surface area contributed by atoms with Crippen LogP contribution >= 0.6 is 0 Å². The van der Waals surface area contributed by atoms with Crippen molar-refractivity contribution in [1.29, 1.82) is 0 Å². The number of fused-ring (bicyclic) bond motifs is 3. The van der Waals surface area contributed by atoms with Gasteiger partial charge in [0.05, 0.1) is 0 Å². The smallest absolute Gasteiger partial charge is 0.409 e. The lowest BCUT2D eigenvalue weighted by molar-refractivity contribution is 0.0728. The average molecular weight is 469 g/mol. The monoisotopic (exact) mass is 468 g/mol. The Kier molecular flexibility index (Phi) is 6.31. The second-order valence-corrected chi connectivity index (χ2v) is 9.08. The minimum Gasteiger partial charge on any atom is -0.448 e. The number of piperazine rings is 1.